The Bertz CT molecular complexity index is 906. The van der Waals surface area contributed by atoms with E-state index in [0.29, 0.717) is 5.75 Å². The summed E-state index contributed by atoms with van der Waals surface area (Å²) in [6.45, 7) is 0. The van der Waals surface area contributed by atoms with Gasteiger partial charge in [-0.05, 0) is 17.7 Å². The average Bonchev–Trinajstić information content (AvgIpc) is 3.02. The summed E-state index contributed by atoms with van der Waals surface area (Å²) in [5.41, 5.74) is -1.08. The third kappa shape index (κ3) is 3.44. The fourth-order valence-corrected chi connectivity index (χ4v) is 2.81. The van der Waals surface area contributed by atoms with Gasteiger partial charge in [0.25, 0.3) is 5.56 Å². The number of aromatic amines is 1. The van der Waals surface area contributed by atoms with Gasteiger partial charge in [-0.1, -0.05) is 12.1 Å². The summed E-state index contributed by atoms with van der Waals surface area (Å²) < 4.78 is 25.7. The van der Waals surface area contributed by atoms with Gasteiger partial charge in [0.2, 0.25) is 0 Å². The summed E-state index contributed by atoms with van der Waals surface area (Å²) in [6.07, 6.45) is -4.92. The Hall–Kier alpha value is -2.78. The fourth-order valence-electron chi connectivity index (χ4n) is 2.81. The zero-order chi connectivity index (χ0) is 18.8. The van der Waals surface area contributed by atoms with Crippen molar-refractivity contribution in [2.45, 2.75) is 31.0 Å². The van der Waals surface area contributed by atoms with Gasteiger partial charge in [0.05, 0.1) is 7.11 Å². The highest BCUT2D eigenvalue weighted by molar-refractivity contribution is 5.89. The topological polar surface area (TPSA) is 111 Å². The molecule has 1 unspecified atom stereocenters. The standard InChI is InChI=1S/C17H17FN2O6/c1-25-10-4-2-9(3-5-10)14(22)15(23)16-11(18)8-13(26-16)20-7-6-12(21)19-17(20)24/h2-7,11,13-14,16,22H,8H2,1H3,(H,19,21,24)/t11-,13+,14?,16-/m0/s1. The molecule has 0 aliphatic carbocycles. The molecule has 0 saturated carbocycles. The number of nitrogens with zero attached hydrogens (tertiary/aromatic N) is 1. The van der Waals surface area contributed by atoms with Crippen molar-refractivity contribution in [3.63, 3.8) is 0 Å². The molecule has 1 aromatic heterocycles. The highest BCUT2D eigenvalue weighted by Crippen LogP contribution is 2.33. The van der Waals surface area contributed by atoms with E-state index in [9.17, 15) is 23.9 Å². The van der Waals surface area contributed by atoms with Gasteiger partial charge in [-0.15, -0.1) is 0 Å². The molecule has 3 rings (SSSR count). The van der Waals surface area contributed by atoms with Crippen LogP contribution in [0.25, 0.3) is 0 Å². The molecule has 1 aliphatic rings. The van der Waals surface area contributed by atoms with Crippen LogP contribution in [0.2, 0.25) is 0 Å². The zero-order valence-corrected chi connectivity index (χ0v) is 13.8. The van der Waals surface area contributed by atoms with E-state index in [2.05, 4.69) is 0 Å². The first kappa shape index (κ1) is 18.0. The molecule has 0 spiro atoms. The maximum Gasteiger partial charge on any atom is 0.330 e. The van der Waals surface area contributed by atoms with Crippen LogP contribution in [0, 0.1) is 0 Å². The lowest BCUT2D eigenvalue weighted by Gasteiger charge is -2.18. The number of benzene rings is 1. The fraction of sp³-hybridized carbons (Fsp3) is 0.353. The molecule has 1 fully saturated rings. The first-order valence-corrected chi connectivity index (χ1v) is 7.87. The molecule has 0 amide bonds. The van der Waals surface area contributed by atoms with Crippen LogP contribution in [0.1, 0.15) is 24.3 Å². The normalized spacial score (nSPS) is 23.6. The van der Waals surface area contributed by atoms with Crippen molar-refractivity contribution < 1.29 is 23.8 Å². The number of hydrogen-bond donors (Lipinski definition) is 2. The number of methoxy groups -OCH3 is 1. The number of ketones is 1. The van der Waals surface area contributed by atoms with Crippen molar-refractivity contribution >= 4 is 5.78 Å². The van der Waals surface area contributed by atoms with Crippen molar-refractivity contribution in [2.75, 3.05) is 7.11 Å². The number of alkyl halides is 1. The van der Waals surface area contributed by atoms with Gasteiger partial charge in [-0.3, -0.25) is 19.1 Å². The number of H-pyrrole nitrogens is 1. The average molecular weight is 364 g/mol. The lowest BCUT2D eigenvalue weighted by molar-refractivity contribution is -0.142. The third-order valence-electron chi connectivity index (χ3n) is 4.20. The number of ether oxygens (including phenoxy) is 2. The van der Waals surface area contributed by atoms with Crippen LogP contribution in [0.3, 0.4) is 0 Å². The maximum atomic E-state index is 14.3. The van der Waals surface area contributed by atoms with E-state index in [1.165, 1.54) is 25.4 Å². The number of aliphatic hydroxyl groups is 1. The van der Waals surface area contributed by atoms with Gasteiger partial charge < -0.3 is 14.6 Å². The second-order valence-corrected chi connectivity index (χ2v) is 5.86. The van der Waals surface area contributed by atoms with E-state index in [0.717, 1.165) is 10.6 Å². The molecule has 8 nitrogen and oxygen atoms in total. The second kappa shape index (κ2) is 7.22. The summed E-state index contributed by atoms with van der Waals surface area (Å²) in [7, 11) is 1.48. The molecule has 1 aliphatic heterocycles. The maximum absolute atomic E-state index is 14.3. The smallest absolute Gasteiger partial charge is 0.330 e. The van der Waals surface area contributed by atoms with Crippen LogP contribution in [-0.4, -0.2) is 39.8 Å². The van der Waals surface area contributed by atoms with E-state index in [1.54, 1.807) is 12.1 Å². The first-order chi connectivity index (χ1) is 12.4. The number of Topliss-reactive ketones (excluding diaryl/α,β-unsaturated/α-hetero) is 1. The molecule has 2 N–H and O–H groups in total. The Morgan fingerprint density at radius 1 is 1.35 bits per heavy atom. The molecule has 1 saturated heterocycles. The number of hydrogen-bond acceptors (Lipinski definition) is 6. The van der Waals surface area contributed by atoms with Crippen molar-refractivity contribution in [2.24, 2.45) is 0 Å². The van der Waals surface area contributed by atoms with Crippen molar-refractivity contribution in [1.82, 2.24) is 9.55 Å². The number of aromatic nitrogens is 2. The van der Waals surface area contributed by atoms with E-state index in [1.807, 2.05) is 4.98 Å². The number of nitrogens with one attached hydrogen (secondary N) is 1. The number of aliphatic hydroxyl groups excluding tert-OH is 1. The van der Waals surface area contributed by atoms with Gasteiger partial charge in [0.15, 0.2) is 11.9 Å². The molecule has 1 aromatic carbocycles. The lowest BCUT2D eigenvalue weighted by atomic mass is 9.99. The van der Waals surface area contributed by atoms with Crippen LogP contribution in [0.15, 0.2) is 46.1 Å². The summed E-state index contributed by atoms with van der Waals surface area (Å²) in [5.74, 6) is -0.297. The zero-order valence-electron chi connectivity index (χ0n) is 13.8. The molecular weight excluding hydrogens is 347 g/mol. The Morgan fingerprint density at radius 3 is 2.65 bits per heavy atom. The van der Waals surface area contributed by atoms with Crippen molar-refractivity contribution in [1.29, 1.82) is 0 Å². The van der Waals surface area contributed by atoms with Gasteiger partial charge in [0, 0.05) is 18.7 Å². The molecule has 0 radical (unpaired) electrons. The summed E-state index contributed by atoms with van der Waals surface area (Å²) in [6, 6.07) is 7.22. The Labute approximate surface area is 146 Å². The highest BCUT2D eigenvalue weighted by atomic mass is 19.1. The minimum absolute atomic E-state index is 0.252. The monoisotopic (exact) mass is 364 g/mol. The van der Waals surface area contributed by atoms with Gasteiger partial charge in [0.1, 0.15) is 24.3 Å². The van der Waals surface area contributed by atoms with Gasteiger partial charge in [-0.2, -0.15) is 0 Å². The van der Waals surface area contributed by atoms with Crippen LogP contribution in [-0.2, 0) is 9.53 Å². The Kier molecular flexibility index (Phi) is 5.01. The molecule has 4 atom stereocenters. The van der Waals surface area contributed by atoms with E-state index in [4.69, 9.17) is 9.47 Å². The number of rotatable bonds is 5. The molecule has 26 heavy (non-hydrogen) atoms. The van der Waals surface area contributed by atoms with E-state index in [-0.39, 0.29) is 12.0 Å². The third-order valence-corrected chi connectivity index (χ3v) is 4.20. The van der Waals surface area contributed by atoms with E-state index < -0.39 is 41.6 Å². The minimum atomic E-state index is -1.70. The minimum Gasteiger partial charge on any atom is -0.497 e. The van der Waals surface area contributed by atoms with Crippen molar-refractivity contribution in [3.8, 4) is 5.75 Å². The number of halogens is 1. The highest BCUT2D eigenvalue weighted by Gasteiger charge is 2.43. The first-order valence-electron chi connectivity index (χ1n) is 7.87. The molecular formula is C17H17FN2O6. The predicted molar refractivity (Wildman–Crippen MR) is 87.7 cm³/mol. The number of carbonyl (C=O) groups excluding carboxylic acids is 1. The molecule has 2 aromatic rings. The summed E-state index contributed by atoms with van der Waals surface area (Å²) in [5, 5.41) is 10.2. The van der Waals surface area contributed by atoms with Crippen LogP contribution in [0.5, 0.6) is 5.75 Å². The SMILES string of the molecule is COc1ccc(C(O)C(=O)[C@H]2O[C@@H](n3ccc(=O)[nH]c3=O)C[C@@H]2F)cc1. The molecule has 9 heteroatoms. The lowest BCUT2D eigenvalue weighted by Crippen LogP contribution is -2.34. The summed E-state index contributed by atoms with van der Waals surface area (Å²) in [4.78, 5) is 37.4. The van der Waals surface area contributed by atoms with Crippen LogP contribution in [0.4, 0.5) is 4.39 Å². The summed E-state index contributed by atoms with van der Waals surface area (Å²) >= 11 is 0. The van der Waals surface area contributed by atoms with Crippen LogP contribution >= 0.6 is 0 Å². The van der Waals surface area contributed by atoms with E-state index >= 15 is 0 Å². The quantitative estimate of drug-likeness (QED) is 0.798. The molecule has 0 bridgehead atoms. The molecule has 138 valence electrons. The number of carbonyl (C=O) groups is 1. The van der Waals surface area contributed by atoms with Gasteiger partial charge in [-0.25, -0.2) is 9.18 Å². The van der Waals surface area contributed by atoms with Crippen molar-refractivity contribution in [3.05, 3.63) is 62.9 Å². The van der Waals surface area contributed by atoms with Crippen LogP contribution < -0.4 is 16.0 Å². The second-order valence-electron chi connectivity index (χ2n) is 5.86. The Balaban J connectivity index is 1.77. The largest absolute Gasteiger partial charge is 0.497 e. The predicted octanol–water partition coefficient (Wildman–Crippen LogP) is 0.473. The Morgan fingerprint density at radius 2 is 2.04 bits per heavy atom. The molecule has 2 heterocycles. The van der Waals surface area contributed by atoms with Gasteiger partial charge >= 0.3 is 5.69 Å².